The SMILES string of the molecule is NCc1cc(Br)c(OCC2CC2)c(Br)c1. The van der Waals surface area contributed by atoms with Crippen LogP contribution in [0.2, 0.25) is 0 Å². The van der Waals surface area contributed by atoms with Crippen molar-refractivity contribution in [2.75, 3.05) is 6.61 Å². The fourth-order valence-electron chi connectivity index (χ4n) is 1.35. The lowest BCUT2D eigenvalue weighted by Crippen LogP contribution is -2.02. The van der Waals surface area contributed by atoms with Gasteiger partial charge in [0.05, 0.1) is 15.6 Å². The van der Waals surface area contributed by atoms with E-state index in [4.69, 9.17) is 10.5 Å². The molecule has 0 spiro atoms. The molecule has 2 nitrogen and oxygen atoms in total. The molecule has 0 amide bonds. The number of hydrogen-bond donors (Lipinski definition) is 1. The highest BCUT2D eigenvalue weighted by Gasteiger charge is 2.22. The maximum Gasteiger partial charge on any atom is 0.147 e. The van der Waals surface area contributed by atoms with Crippen molar-refractivity contribution in [2.45, 2.75) is 19.4 Å². The molecule has 4 heteroatoms. The highest BCUT2D eigenvalue weighted by Crippen LogP contribution is 2.37. The highest BCUT2D eigenvalue weighted by molar-refractivity contribution is 9.11. The molecule has 1 aliphatic rings. The van der Waals surface area contributed by atoms with Crippen molar-refractivity contribution in [3.63, 3.8) is 0 Å². The third-order valence-electron chi connectivity index (χ3n) is 2.45. The Hall–Kier alpha value is -0.0600. The lowest BCUT2D eigenvalue weighted by molar-refractivity contribution is 0.296. The van der Waals surface area contributed by atoms with E-state index in [1.165, 1.54) is 12.8 Å². The van der Waals surface area contributed by atoms with Crippen LogP contribution in [0.1, 0.15) is 18.4 Å². The quantitative estimate of drug-likeness (QED) is 0.915. The van der Waals surface area contributed by atoms with Gasteiger partial charge in [0.15, 0.2) is 0 Å². The second-order valence-corrected chi connectivity index (χ2v) is 5.56. The van der Waals surface area contributed by atoms with Crippen molar-refractivity contribution in [3.8, 4) is 5.75 Å². The van der Waals surface area contributed by atoms with Crippen molar-refractivity contribution in [2.24, 2.45) is 11.7 Å². The monoisotopic (exact) mass is 333 g/mol. The van der Waals surface area contributed by atoms with Gasteiger partial charge in [0.25, 0.3) is 0 Å². The standard InChI is InChI=1S/C11H13Br2NO/c12-9-3-8(5-14)4-10(13)11(9)15-6-7-1-2-7/h3-4,7H,1-2,5-6,14H2. The topological polar surface area (TPSA) is 35.2 Å². The Kier molecular flexibility index (Phi) is 3.69. The number of benzene rings is 1. The molecule has 1 fully saturated rings. The fraction of sp³-hybridized carbons (Fsp3) is 0.455. The lowest BCUT2D eigenvalue weighted by Gasteiger charge is -2.11. The molecule has 1 aliphatic carbocycles. The van der Waals surface area contributed by atoms with Crippen molar-refractivity contribution in [1.29, 1.82) is 0 Å². The fourth-order valence-corrected chi connectivity index (χ4v) is 2.86. The van der Waals surface area contributed by atoms with Crippen LogP contribution in [0.3, 0.4) is 0 Å². The predicted molar refractivity (Wildman–Crippen MR) is 68.0 cm³/mol. The molecule has 0 heterocycles. The first kappa shape index (κ1) is 11.4. The maximum absolute atomic E-state index is 5.76. The van der Waals surface area contributed by atoms with Gasteiger partial charge in [-0.05, 0) is 68.3 Å². The van der Waals surface area contributed by atoms with Crippen LogP contribution in [-0.2, 0) is 6.54 Å². The molecule has 15 heavy (non-hydrogen) atoms. The van der Waals surface area contributed by atoms with Crippen LogP contribution in [-0.4, -0.2) is 6.61 Å². The molecule has 1 saturated carbocycles. The van der Waals surface area contributed by atoms with E-state index in [0.29, 0.717) is 6.54 Å². The van der Waals surface area contributed by atoms with Crippen LogP contribution in [0.15, 0.2) is 21.1 Å². The van der Waals surface area contributed by atoms with Crippen LogP contribution in [0, 0.1) is 5.92 Å². The van der Waals surface area contributed by atoms with E-state index >= 15 is 0 Å². The smallest absolute Gasteiger partial charge is 0.147 e. The molecule has 0 saturated heterocycles. The summed E-state index contributed by atoms with van der Waals surface area (Å²) < 4.78 is 7.70. The normalized spacial score (nSPS) is 15.4. The van der Waals surface area contributed by atoms with E-state index < -0.39 is 0 Å². The van der Waals surface area contributed by atoms with Gasteiger partial charge < -0.3 is 10.5 Å². The Morgan fingerprint density at radius 2 is 1.87 bits per heavy atom. The van der Waals surface area contributed by atoms with Gasteiger partial charge in [-0.25, -0.2) is 0 Å². The Labute approximate surface area is 106 Å². The molecular formula is C11H13Br2NO. The van der Waals surface area contributed by atoms with Gasteiger partial charge in [-0.1, -0.05) is 0 Å². The number of ether oxygens (including phenoxy) is 1. The molecule has 0 unspecified atom stereocenters. The first-order valence-electron chi connectivity index (χ1n) is 5.01. The molecular weight excluding hydrogens is 322 g/mol. The van der Waals surface area contributed by atoms with E-state index in [1.54, 1.807) is 0 Å². The minimum Gasteiger partial charge on any atom is -0.491 e. The van der Waals surface area contributed by atoms with Crippen molar-refractivity contribution >= 4 is 31.9 Å². The van der Waals surface area contributed by atoms with Gasteiger partial charge in [0, 0.05) is 6.54 Å². The molecule has 0 radical (unpaired) electrons. The van der Waals surface area contributed by atoms with E-state index in [0.717, 1.165) is 32.8 Å². The first-order chi connectivity index (χ1) is 7.20. The Morgan fingerprint density at radius 1 is 1.27 bits per heavy atom. The van der Waals surface area contributed by atoms with E-state index in [-0.39, 0.29) is 0 Å². The zero-order valence-corrected chi connectivity index (χ0v) is 11.5. The Morgan fingerprint density at radius 3 is 2.33 bits per heavy atom. The molecule has 0 aliphatic heterocycles. The summed E-state index contributed by atoms with van der Waals surface area (Å²) in [6.45, 7) is 1.36. The summed E-state index contributed by atoms with van der Waals surface area (Å²) in [5.41, 5.74) is 6.68. The largest absolute Gasteiger partial charge is 0.491 e. The lowest BCUT2D eigenvalue weighted by atomic mass is 10.2. The Balaban J connectivity index is 2.13. The van der Waals surface area contributed by atoms with E-state index in [1.807, 2.05) is 12.1 Å². The second kappa shape index (κ2) is 4.85. The highest BCUT2D eigenvalue weighted by atomic mass is 79.9. The summed E-state index contributed by atoms with van der Waals surface area (Å²) in [5, 5.41) is 0. The predicted octanol–water partition coefficient (Wildman–Crippen LogP) is 3.46. The van der Waals surface area contributed by atoms with Gasteiger partial charge in [-0.3, -0.25) is 0 Å². The molecule has 1 aromatic rings. The number of halogens is 2. The second-order valence-electron chi connectivity index (χ2n) is 3.85. The summed E-state index contributed by atoms with van der Waals surface area (Å²) in [4.78, 5) is 0. The van der Waals surface area contributed by atoms with Gasteiger partial charge in [0.2, 0.25) is 0 Å². The minimum atomic E-state index is 0.542. The van der Waals surface area contributed by atoms with Gasteiger partial charge >= 0.3 is 0 Å². The first-order valence-corrected chi connectivity index (χ1v) is 6.60. The van der Waals surface area contributed by atoms with Crippen molar-refractivity contribution in [3.05, 3.63) is 26.6 Å². The molecule has 0 atom stereocenters. The van der Waals surface area contributed by atoms with Crippen LogP contribution >= 0.6 is 31.9 Å². The maximum atomic E-state index is 5.76. The third kappa shape index (κ3) is 2.95. The summed E-state index contributed by atoms with van der Waals surface area (Å²) in [6, 6.07) is 4.01. The summed E-state index contributed by atoms with van der Waals surface area (Å²) in [5.74, 6) is 1.65. The van der Waals surface area contributed by atoms with Crippen LogP contribution in [0.25, 0.3) is 0 Å². The third-order valence-corrected chi connectivity index (χ3v) is 3.63. The molecule has 0 aromatic heterocycles. The van der Waals surface area contributed by atoms with Crippen molar-refractivity contribution < 1.29 is 4.74 Å². The van der Waals surface area contributed by atoms with Gasteiger partial charge in [-0.15, -0.1) is 0 Å². The van der Waals surface area contributed by atoms with E-state index in [9.17, 15) is 0 Å². The van der Waals surface area contributed by atoms with Crippen LogP contribution in [0.5, 0.6) is 5.75 Å². The molecule has 2 N–H and O–H groups in total. The molecule has 82 valence electrons. The Bertz CT molecular complexity index is 341. The average Bonchev–Trinajstić information content (AvgIpc) is 3.00. The minimum absolute atomic E-state index is 0.542. The van der Waals surface area contributed by atoms with Crippen molar-refractivity contribution in [1.82, 2.24) is 0 Å². The molecule has 1 aromatic carbocycles. The number of hydrogen-bond acceptors (Lipinski definition) is 2. The molecule has 2 rings (SSSR count). The summed E-state index contributed by atoms with van der Waals surface area (Å²) in [7, 11) is 0. The average molecular weight is 335 g/mol. The zero-order chi connectivity index (χ0) is 10.8. The van der Waals surface area contributed by atoms with E-state index in [2.05, 4.69) is 31.9 Å². The number of nitrogens with two attached hydrogens (primary N) is 1. The van der Waals surface area contributed by atoms with Crippen LogP contribution < -0.4 is 10.5 Å². The summed E-state index contributed by atoms with van der Waals surface area (Å²) >= 11 is 7.00. The van der Waals surface area contributed by atoms with Gasteiger partial charge in [0.1, 0.15) is 5.75 Å². The number of rotatable bonds is 4. The molecule has 0 bridgehead atoms. The summed E-state index contributed by atoms with van der Waals surface area (Å²) in [6.07, 6.45) is 2.60. The van der Waals surface area contributed by atoms with Gasteiger partial charge in [-0.2, -0.15) is 0 Å². The van der Waals surface area contributed by atoms with Crippen LogP contribution in [0.4, 0.5) is 0 Å². The zero-order valence-electron chi connectivity index (χ0n) is 8.30.